The number of ether oxygens (including phenoxy) is 1. The quantitative estimate of drug-likeness (QED) is 0.671. The van der Waals surface area contributed by atoms with Crippen LogP contribution in [0.15, 0.2) is 12.1 Å². The van der Waals surface area contributed by atoms with E-state index in [1.165, 1.54) is 0 Å². The summed E-state index contributed by atoms with van der Waals surface area (Å²) in [4.78, 5) is 0. The lowest BCUT2D eigenvalue weighted by Gasteiger charge is -2.08. The molecule has 9 heteroatoms. The molecule has 0 aliphatic carbocycles. The number of nitrogens with zero attached hydrogens (tertiary/aromatic N) is 2. The lowest BCUT2D eigenvalue weighted by Crippen LogP contribution is -2.11. The van der Waals surface area contributed by atoms with Gasteiger partial charge in [-0.25, -0.2) is 5.10 Å². The molecule has 3 N–H and O–H groups in total. The van der Waals surface area contributed by atoms with E-state index in [0.29, 0.717) is 20.6 Å². The third-order valence-corrected chi connectivity index (χ3v) is 3.30. The van der Waals surface area contributed by atoms with E-state index >= 15 is 0 Å². The van der Waals surface area contributed by atoms with E-state index in [1.54, 1.807) is 12.1 Å². The molecule has 2 aromatic rings. The standard InChI is InChI=1S/C9H7Cl3N4OS/c10-4-1-6(11)5(7(12)2-4)3-17-8-14-15-9(18)16(8)13/h1-2H,3,13H2,(H,15,18). The van der Waals surface area contributed by atoms with Crippen molar-refractivity contribution < 1.29 is 4.74 Å². The molecule has 2 rings (SSSR count). The molecule has 0 bridgehead atoms. The van der Waals surface area contributed by atoms with Gasteiger partial charge < -0.3 is 10.6 Å². The molecule has 0 fully saturated rings. The zero-order valence-electron chi connectivity index (χ0n) is 8.78. The molecule has 1 aromatic carbocycles. The number of nitrogen functional groups attached to an aromatic ring is 1. The number of rotatable bonds is 3. The van der Waals surface area contributed by atoms with Gasteiger partial charge in [0.1, 0.15) is 6.61 Å². The van der Waals surface area contributed by atoms with E-state index in [9.17, 15) is 0 Å². The highest BCUT2D eigenvalue weighted by atomic mass is 35.5. The van der Waals surface area contributed by atoms with Gasteiger partial charge in [0.05, 0.1) is 10.0 Å². The van der Waals surface area contributed by atoms with Crippen molar-refractivity contribution in [1.29, 1.82) is 0 Å². The fourth-order valence-electron chi connectivity index (χ4n) is 1.24. The summed E-state index contributed by atoms with van der Waals surface area (Å²) in [6.45, 7) is 0.103. The van der Waals surface area contributed by atoms with E-state index in [1.807, 2.05) is 0 Å². The Hall–Kier alpha value is -0.950. The molecule has 0 aliphatic rings. The van der Waals surface area contributed by atoms with Crippen molar-refractivity contribution in [3.05, 3.63) is 37.5 Å². The molecule has 0 aliphatic heterocycles. The Labute approximate surface area is 122 Å². The highest BCUT2D eigenvalue weighted by Gasteiger charge is 2.11. The predicted molar refractivity (Wildman–Crippen MR) is 73.4 cm³/mol. The largest absolute Gasteiger partial charge is 0.457 e. The van der Waals surface area contributed by atoms with Crippen molar-refractivity contribution >= 4 is 47.0 Å². The maximum Gasteiger partial charge on any atom is 0.335 e. The smallest absolute Gasteiger partial charge is 0.335 e. The van der Waals surface area contributed by atoms with Gasteiger partial charge in [0.25, 0.3) is 0 Å². The van der Waals surface area contributed by atoms with Crippen molar-refractivity contribution in [3.63, 3.8) is 0 Å². The number of benzene rings is 1. The number of nitrogens with one attached hydrogen (secondary N) is 1. The van der Waals surface area contributed by atoms with Crippen molar-refractivity contribution in [2.45, 2.75) is 6.61 Å². The van der Waals surface area contributed by atoms with Crippen LogP contribution in [0.5, 0.6) is 6.01 Å². The summed E-state index contributed by atoms with van der Waals surface area (Å²) >= 11 is 22.7. The van der Waals surface area contributed by atoms with Crippen LogP contribution in [0.2, 0.25) is 15.1 Å². The van der Waals surface area contributed by atoms with Crippen LogP contribution in [0.4, 0.5) is 0 Å². The second kappa shape index (κ2) is 5.36. The van der Waals surface area contributed by atoms with Gasteiger partial charge in [0.15, 0.2) is 0 Å². The highest BCUT2D eigenvalue weighted by Crippen LogP contribution is 2.29. The summed E-state index contributed by atoms with van der Waals surface area (Å²) in [6, 6.07) is 3.29. The summed E-state index contributed by atoms with van der Waals surface area (Å²) in [6.07, 6.45) is 0. The zero-order valence-corrected chi connectivity index (χ0v) is 11.9. The Bertz CT molecular complexity index is 616. The molecule has 0 atom stereocenters. The Morgan fingerprint density at radius 2 is 1.94 bits per heavy atom. The molecule has 0 saturated carbocycles. The monoisotopic (exact) mass is 324 g/mol. The molecule has 0 spiro atoms. The molecular weight excluding hydrogens is 319 g/mol. The third-order valence-electron chi connectivity index (χ3n) is 2.12. The molecule has 1 aromatic heterocycles. The molecule has 96 valence electrons. The first kappa shape index (κ1) is 13.5. The van der Waals surface area contributed by atoms with Gasteiger partial charge in [-0.05, 0) is 24.4 Å². The van der Waals surface area contributed by atoms with Gasteiger partial charge in [-0.2, -0.15) is 4.68 Å². The van der Waals surface area contributed by atoms with Crippen molar-refractivity contribution in [1.82, 2.24) is 14.9 Å². The molecular formula is C9H7Cl3N4OS. The Morgan fingerprint density at radius 3 is 2.44 bits per heavy atom. The number of hydrogen-bond donors (Lipinski definition) is 2. The molecule has 0 radical (unpaired) electrons. The van der Waals surface area contributed by atoms with Crippen LogP contribution < -0.4 is 10.6 Å². The molecule has 1 heterocycles. The Kier molecular flexibility index (Phi) is 4.01. The molecule has 0 amide bonds. The SMILES string of the molecule is Nn1c(OCc2c(Cl)cc(Cl)cc2Cl)n[nH]c1=S. The average Bonchev–Trinajstić information content (AvgIpc) is 2.59. The maximum atomic E-state index is 6.01. The number of nitrogens with two attached hydrogens (primary N) is 1. The Balaban J connectivity index is 2.21. The van der Waals surface area contributed by atoms with Gasteiger partial charge in [0.2, 0.25) is 4.77 Å². The third kappa shape index (κ3) is 2.72. The van der Waals surface area contributed by atoms with E-state index in [0.717, 1.165) is 4.68 Å². The van der Waals surface area contributed by atoms with Gasteiger partial charge in [-0.15, -0.1) is 5.10 Å². The summed E-state index contributed by atoms with van der Waals surface area (Å²) < 4.78 is 6.71. The fourth-order valence-corrected chi connectivity index (χ4v) is 2.29. The first-order valence-corrected chi connectivity index (χ1v) is 6.22. The van der Waals surface area contributed by atoms with Crippen LogP contribution in [-0.4, -0.2) is 14.9 Å². The molecule has 0 saturated heterocycles. The maximum absolute atomic E-state index is 6.01. The van der Waals surface area contributed by atoms with Gasteiger partial charge in [-0.3, -0.25) is 0 Å². The van der Waals surface area contributed by atoms with Crippen LogP contribution in [-0.2, 0) is 6.61 Å². The van der Waals surface area contributed by atoms with Crippen molar-refractivity contribution in [3.8, 4) is 6.01 Å². The summed E-state index contributed by atoms with van der Waals surface area (Å²) in [7, 11) is 0. The van der Waals surface area contributed by atoms with Gasteiger partial charge >= 0.3 is 6.01 Å². The van der Waals surface area contributed by atoms with Crippen LogP contribution >= 0.6 is 47.0 Å². The second-order valence-electron chi connectivity index (χ2n) is 3.32. The van der Waals surface area contributed by atoms with Gasteiger partial charge in [-0.1, -0.05) is 34.8 Å². The number of aromatic nitrogens is 3. The average molecular weight is 326 g/mol. The first-order valence-electron chi connectivity index (χ1n) is 4.67. The summed E-state index contributed by atoms with van der Waals surface area (Å²) in [5.74, 6) is 5.57. The van der Waals surface area contributed by atoms with Crippen molar-refractivity contribution in [2.75, 3.05) is 5.84 Å². The molecule has 0 unspecified atom stereocenters. The number of H-pyrrole nitrogens is 1. The topological polar surface area (TPSA) is 68.9 Å². The normalized spacial score (nSPS) is 10.6. The van der Waals surface area contributed by atoms with Crippen molar-refractivity contribution in [2.24, 2.45) is 0 Å². The highest BCUT2D eigenvalue weighted by molar-refractivity contribution is 7.71. The van der Waals surface area contributed by atoms with Crippen LogP contribution in [0, 0.1) is 4.77 Å². The fraction of sp³-hybridized carbons (Fsp3) is 0.111. The van der Waals surface area contributed by atoms with Gasteiger partial charge in [0, 0.05) is 10.6 Å². The van der Waals surface area contributed by atoms with E-state index in [4.69, 9.17) is 57.6 Å². The minimum absolute atomic E-state index is 0.103. The number of hydrogen-bond acceptors (Lipinski definition) is 4. The van der Waals surface area contributed by atoms with E-state index in [-0.39, 0.29) is 17.4 Å². The number of aromatic amines is 1. The molecule has 18 heavy (non-hydrogen) atoms. The summed E-state index contributed by atoms with van der Waals surface area (Å²) in [5.41, 5.74) is 0.594. The zero-order chi connectivity index (χ0) is 13.3. The predicted octanol–water partition coefficient (Wildman–Crippen LogP) is 3.19. The van der Waals surface area contributed by atoms with Crippen LogP contribution in [0.3, 0.4) is 0 Å². The van der Waals surface area contributed by atoms with E-state index < -0.39 is 0 Å². The minimum Gasteiger partial charge on any atom is -0.457 e. The molecule has 5 nitrogen and oxygen atoms in total. The van der Waals surface area contributed by atoms with Crippen LogP contribution in [0.1, 0.15) is 5.56 Å². The Morgan fingerprint density at radius 1 is 1.33 bits per heavy atom. The lowest BCUT2D eigenvalue weighted by molar-refractivity contribution is 0.273. The number of halogens is 3. The second-order valence-corrected chi connectivity index (χ2v) is 4.96. The van der Waals surface area contributed by atoms with Crippen LogP contribution in [0.25, 0.3) is 0 Å². The minimum atomic E-state index is 0.103. The van der Waals surface area contributed by atoms with E-state index in [2.05, 4.69) is 10.2 Å². The lowest BCUT2D eigenvalue weighted by atomic mass is 10.2. The first-order chi connectivity index (χ1) is 8.49. The summed E-state index contributed by atoms with van der Waals surface area (Å²) in [5, 5.41) is 7.55.